The molecule has 1 aliphatic rings. The van der Waals surface area contributed by atoms with Crippen LogP contribution in [-0.4, -0.2) is 50.9 Å². The number of halogens is 1. The third-order valence-electron chi connectivity index (χ3n) is 6.13. The van der Waals surface area contributed by atoms with Gasteiger partial charge >= 0.3 is 12.0 Å². The smallest absolute Gasteiger partial charge is 0.338 e. The zero-order valence-corrected chi connectivity index (χ0v) is 21.7. The number of carbonyl (C=O) groups excluding carboxylic acids is 2. The van der Waals surface area contributed by atoms with Gasteiger partial charge < -0.3 is 29.2 Å². The maximum absolute atomic E-state index is 13.4. The third-order valence-corrected chi connectivity index (χ3v) is 6.38. The van der Waals surface area contributed by atoms with Crippen molar-refractivity contribution in [2.45, 2.75) is 19.4 Å². The van der Waals surface area contributed by atoms with Crippen LogP contribution in [0.2, 0.25) is 5.02 Å². The van der Waals surface area contributed by atoms with E-state index in [-0.39, 0.29) is 18.6 Å². The van der Waals surface area contributed by atoms with Crippen LogP contribution in [0, 0.1) is 0 Å². The summed E-state index contributed by atoms with van der Waals surface area (Å²) in [7, 11) is 3.17. The first-order valence-corrected chi connectivity index (χ1v) is 12.3. The molecule has 0 spiro atoms. The highest BCUT2D eigenvalue weighted by atomic mass is 35.5. The van der Waals surface area contributed by atoms with Gasteiger partial charge in [-0.25, -0.2) is 9.59 Å². The quantitative estimate of drug-likeness (QED) is 0.378. The van der Waals surface area contributed by atoms with Crippen molar-refractivity contribution in [1.29, 1.82) is 0 Å². The van der Waals surface area contributed by atoms with Crippen molar-refractivity contribution in [3.05, 3.63) is 82.4 Å². The highest BCUT2D eigenvalue weighted by molar-refractivity contribution is 6.30. The Bertz CT molecular complexity index is 1250. The first kappa shape index (κ1) is 26.2. The molecule has 0 bridgehead atoms. The van der Waals surface area contributed by atoms with Crippen LogP contribution in [0.5, 0.6) is 17.2 Å². The number of amides is 2. The summed E-state index contributed by atoms with van der Waals surface area (Å²) in [5.74, 6) is 1.39. The van der Waals surface area contributed by atoms with Crippen molar-refractivity contribution >= 4 is 29.3 Å². The molecular weight excluding hydrogens is 496 g/mol. The Balaban J connectivity index is 1.59. The van der Waals surface area contributed by atoms with Crippen LogP contribution in [0.4, 0.5) is 10.5 Å². The first-order valence-electron chi connectivity index (χ1n) is 11.9. The van der Waals surface area contributed by atoms with Gasteiger partial charge in [-0.05, 0) is 85.1 Å². The SMILES string of the molecule is CCOC(=O)c1ccc(OC[C@@H]2c3cc(OC)c(OC)cc3CCN2C(=O)Nc2ccc(Cl)cc2)cc1. The predicted molar refractivity (Wildman–Crippen MR) is 141 cm³/mol. The second-order valence-electron chi connectivity index (χ2n) is 8.36. The molecule has 0 radical (unpaired) electrons. The summed E-state index contributed by atoms with van der Waals surface area (Å²) >= 11 is 5.98. The zero-order valence-electron chi connectivity index (χ0n) is 21.0. The van der Waals surface area contributed by atoms with Gasteiger partial charge in [0.1, 0.15) is 12.4 Å². The number of methoxy groups -OCH3 is 2. The van der Waals surface area contributed by atoms with Crippen LogP contribution in [-0.2, 0) is 11.2 Å². The summed E-state index contributed by atoms with van der Waals surface area (Å²) in [5.41, 5.74) is 3.05. The van der Waals surface area contributed by atoms with Crippen LogP contribution >= 0.6 is 11.6 Å². The standard InChI is InChI=1S/C28H29ClN2O6/c1-4-36-27(32)18-5-11-22(12-6-18)37-17-24-23-16-26(35-3)25(34-2)15-19(23)13-14-31(24)28(33)30-21-9-7-20(29)8-10-21/h5-12,15-16,24H,4,13-14,17H2,1-3H3,(H,30,33)/t24-/m1/s1. The van der Waals surface area contributed by atoms with E-state index < -0.39 is 6.04 Å². The number of rotatable bonds is 8. The molecule has 1 N–H and O–H groups in total. The number of urea groups is 1. The Kier molecular flexibility index (Phi) is 8.40. The molecule has 4 rings (SSSR count). The fourth-order valence-electron chi connectivity index (χ4n) is 4.26. The number of benzene rings is 3. The molecule has 0 aliphatic carbocycles. The van der Waals surface area contributed by atoms with Gasteiger partial charge in [-0.1, -0.05) is 11.6 Å². The van der Waals surface area contributed by atoms with E-state index in [0.29, 0.717) is 53.1 Å². The molecule has 9 heteroatoms. The lowest BCUT2D eigenvalue weighted by atomic mass is 9.92. The van der Waals surface area contributed by atoms with Crippen molar-refractivity contribution < 1.29 is 28.5 Å². The first-order chi connectivity index (χ1) is 17.9. The molecular formula is C28H29ClN2O6. The second-order valence-corrected chi connectivity index (χ2v) is 8.79. The number of hydrogen-bond donors (Lipinski definition) is 1. The second kappa shape index (κ2) is 11.9. The normalized spacial score (nSPS) is 14.4. The van der Waals surface area contributed by atoms with Crippen molar-refractivity contribution in [2.75, 3.05) is 39.3 Å². The van der Waals surface area contributed by atoms with Gasteiger partial charge in [0.2, 0.25) is 0 Å². The largest absolute Gasteiger partial charge is 0.493 e. The minimum Gasteiger partial charge on any atom is -0.493 e. The Hall–Kier alpha value is -3.91. The molecule has 3 aromatic rings. The Morgan fingerprint density at radius 1 is 1.00 bits per heavy atom. The summed E-state index contributed by atoms with van der Waals surface area (Å²) in [6.07, 6.45) is 0.647. The van der Waals surface area contributed by atoms with E-state index in [2.05, 4.69) is 5.32 Å². The fourth-order valence-corrected chi connectivity index (χ4v) is 4.38. The van der Waals surface area contributed by atoms with E-state index in [1.54, 1.807) is 74.6 Å². The Morgan fingerprint density at radius 3 is 2.32 bits per heavy atom. The molecule has 2 amide bonds. The van der Waals surface area contributed by atoms with Crippen LogP contribution in [0.15, 0.2) is 60.7 Å². The van der Waals surface area contributed by atoms with Crippen molar-refractivity contribution in [3.63, 3.8) is 0 Å². The molecule has 1 atom stereocenters. The molecule has 8 nitrogen and oxygen atoms in total. The summed E-state index contributed by atoms with van der Waals surface area (Å²) in [4.78, 5) is 27.1. The number of hydrogen-bond acceptors (Lipinski definition) is 6. The molecule has 0 saturated heterocycles. The molecule has 3 aromatic carbocycles. The van der Waals surface area contributed by atoms with Gasteiger partial charge in [0.05, 0.1) is 32.4 Å². The van der Waals surface area contributed by atoms with Gasteiger partial charge in [-0.2, -0.15) is 0 Å². The van der Waals surface area contributed by atoms with Gasteiger partial charge in [0.15, 0.2) is 11.5 Å². The van der Waals surface area contributed by atoms with E-state index in [9.17, 15) is 9.59 Å². The topological polar surface area (TPSA) is 86.3 Å². The summed E-state index contributed by atoms with van der Waals surface area (Å²) in [6.45, 7) is 2.74. The lowest BCUT2D eigenvalue weighted by molar-refractivity contribution is 0.0526. The zero-order chi connectivity index (χ0) is 26.4. The van der Waals surface area contributed by atoms with Crippen molar-refractivity contribution in [1.82, 2.24) is 4.90 Å². The number of nitrogens with one attached hydrogen (secondary N) is 1. The third kappa shape index (κ3) is 6.09. The minimum atomic E-state index is -0.402. The molecule has 0 saturated carbocycles. The lowest BCUT2D eigenvalue weighted by Crippen LogP contribution is -2.44. The molecule has 1 aliphatic heterocycles. The van der Waals surface area contributed by atoms with Crippen LogP contribution in [0.3, 0.4) is 0 Å². The van der Waals surface area contributed by atoms with E-state index in [1.807, 2.05) is 12.1 Å². The van der Waals surface area contributed by atoms with Crippen LogP contribution in [0.1, 0.15) is 34.5 Å². The van der Waals surface area contributed by atoms with E-state index in [0.717, 1.165) is 11.1 Å². The van der Waals surface area contributed by atoms with Gasteiger partial charge in [0, 0.05) is 17.3 Å². The van der Waals surface area contributed by atoms with Crippen LogP contribution in [0.25, 0.3) is 0 Å². The van der Waals surface area contributed by atoms with Gasteiger partial charge in [-0.15, -0.1) is 0 Å². The molecule has 194 valence electrons. The maximum atomic E-state index is 13.4. The highest BCUT2D eigenvalue weighted by Gasteiger charge is 2.33. The van der Waals surface area contributed by atoms with Gasteiger partial charge in [-0.3, -0.25) is 0 Å². The lowest BCUT2D eigenvalue weighted by Gasteiger charge is -2.37. The molecule has 1 heterocycles. The summed E-state index contributed by atoms with van der Waals surface area (Å²) in [5, 5.41) is 3.54. The summed E-state index contributed by atoms with van der Waals surface area (Å²) in [6, 6.07) is 16.9. The number of nitrogens with zero attached hydrogens (tertiary/aromatic N) is 1. The monoisotopic (exact) mass is 524 g/mol. The maximum Gasteiger partial charge on any atom is 0.338 e. The van der Waals surface area contributed by atoms with Crippen LogP contribution < -0.4 is 19.5 Å². The highest BCUT2D eigenvalue weighted by Crippen LogP contribution is 2.38. The van der Waals surface area contributed by atoms with E-state index in [1.165, 1.54) is 0 Å². The van der Waals surface area contributed by atoms with E-state index in [4.69, 9.17) is 30.5 Å². The van der Waals surface area contributed by atoms with Crippen molar-refractivity contribution in [2.24, 2.45) is 0 Å². The Labute approximate surface area is 221 Å². The number of anilines is 1. The van der Waals surface area contributed by atoms with E-state index >= 15 is 0 Å². The van der Waals surface area contributed by atoms with Crippen molar-refractivity contribution in [3.8, 4) is 17.2 Å². The number of esters is 1. The molecule has 0 unspecified atom stereocenters. The Morgan fingerprint density at radius 2 is 1.68 bits per heavy atom. The average molecular weight is 525 g/mol. The number of ether oxygens (including phenoxy) is 4. The minimum absolute atomic E-state index is 0.190. The fraction of sp³-hybridized carbons (Fsp3) is 0.286. The average Bonchev–Trinajstić information content (AvgIpc) is 2.92. The molecule has 37 heavy (non-hydrogen) atoms. The van der Waals surface area contributed by atoms with Gasteiger partial charge in [0.25, 0.3) is 0 Å². The predicted octanol–water partition coefficient (Wildman–Crippen LogP) is 5.74. The summed E-state index contributed by atoms with van der Waals surface area (Å²) < 4.78 is 22.2. The number of fused-ring (bicyclic) bond motifs is 1. The molecule has 0 fully saturated rings. The molecule has 0 aromatic heterocycles. The number of carbonyl (C=O) groups is 2.